The molecule has 0 unspecified atom stereocenters. The summed E-state index contributed by atoms with van der Waals surface area (Å²) in [5, 5.41) is 3.60. The first-order chi connectivity index (χ1) is 15.5. The maximum absolute atomic E-state index is 13.0. The number of benzene rings is 4. The van der Waals surface area contributed by atoms with Gasteiger partial charge in [0.1, 0.15) is 28.9 Å². The minimum atomic E-state index is -4.72. The van der Waals surface area contributed by atoms with E-state index in [1.165, 1.54) is 22.0 Å². The smallest absolute Gasteiger partial charge is 0.406 e. The van der Waals surface area contributed by atoms with Crippen LogP contribution >= 0.6 is 7.26 Å². The number of aryl methyl sites for hydroxylation is 1. The van der Waals surface area contributed by atoms with E-state index in [0.717, 1.165) is 0 Å². The van der Waals surface area contributed by atoms with Gasteiger partial charge in [0.25, 0.3) is 0 Å². The van der Waals surface area contributed by atoms with Crippen LogP contribution in [0.3, 0.4) is 0 Å². The highest BCUT2D eigenvalue weighted by Crippen LogP contribution is 2.55. The van der Waals surface area contributed by atoms with Crippen molar-refractivity contribution >= 4 is 23.2 Å². The van der Waals surface area contributed by atoms with Crippen LogP contribution in [-0.2, 0) is 6.42 Å². The molecule has 4 aromatic rings. The van der Waals surface area contributed by atoms with E-state index < -0.39 is 13.6 Å². The molecule has 0 heterocycles. The van der Waals surface area contributed by atoms with Gasteiger partial charge in [0.15, 0.2) is 0 Å². The zero-order chi connectivity index (χ0) is 22.4. The highest BCUT2D eigenvalue weighted by molar-refractivity contribution is 7.95. The molecule has 1 nitrogen and oxygen atoms in total. The molecule has 0 bridgehead atoms. The molecular formula is C27H23F3OP+. The van der Waals surface area contributed by atoms with Crippen LogP contribution in [0, 0.1) is 0 Å². The van der Waals surface area contributed by atoms with E-state index in [1.54, 1.807) is 18.2 Å². The number of rotatable bonds is 7. The minimum Gasteiger partial charge on any atom is -0.406 e. The van der Waals surface area contributed by atoms with Gasteiger partial charge in [-0.05, 0) is 48.0 Å². The number of para-hydroxylation sites is 1. The van der Waals surface area contributed by atoms with Crippen LogP contribution in [0.1, 0.15) is 5.56 Å². The van der Waals surface area contributed by atoms with Crippen molar-refractivity contribution in [3.05, 3.63) is 121 Å². The Labute approximate surface area is 186 Å². The van der Waals surface area contributed by atoms with Crippen molar-refractivity contribution in [2.45, 2.75) is 12.8 Å². The Kier molecular flexibility index (Phi) is 6.62. The Hall–Kier alpha value is -3.10. The van der Waals surface area contributed by atoms with Crippen LogP contribution in [0.4, 0.5) is 13.2 Å². The molecule has 0 fully saturated rings. The van der Waals surface area contributed by atoms with E-state index in [0.29, 0.717) is 18.1 Å². The maximum atomic E-state index is 13.0. The van der Waals surface area contributed by atoms with Crippen LogP contribution in [0.25, 0.3) is 0 Å². The fourth-order valence-electron chi connectivity index (χ4n) is 4.10. The fraction of sp³-hybridized carbons (Fsp3) is 0.111. The van der Waals surface area contributed by atoms with Gasteiger partial charge in [0.05, 0.1) is 6.16 Å². The molecule has 0 atom stereocenters. The van der Waals surface area contributed by atoms with Crippen molar-refractivity contribution < 1.29 is 17.9 Å². The van der Waals surface area contributed by atoms with Gasteiger partial charge >= 0.3 is 6.36 Å². The van der Waals surface area contributed by atoms with Gasteiger partial charge in [-0.15, -0.1) is 13.2 Å². The molecule has 0 aliphatic rings. The molecule has 0 saturated heterocycles. The summed E-state index contributed by atoms with van der Waals surface area (Å²) in [4.78, 5) is 0. The largest absolute Gasteiger partial charge is 0.573 e. The molecule has 0 N–H and O–H groups in total. The molecule has 0 radical (unpaired) electrons. The molecule has 5 heteroatoms. The molecule has 0 saturated carbocycles. The lowest BCUT2D eigenvalue weighted by Gasteiger charge is -2.28. The summed E-state index contributed by atoms with van der Waals surface area (Å²) >= 11 is 0. The summed E-state index contributed by atoms with van der Waals surface area (Å²) in [5.41, 5.74) is 0.553. The highest BCUT2D eigenvalue weighted by atomic mass is 31.2. The molecule has 0 amide bonds. The van der Waals surface area contributed by atoms with Gasteiger partial charge in [-0.1, -0.05) is 72.8 Å². The van der Waals surface area contributed by atoms with Crippen LogP contribution in [0.2, 0.25) is 0 Å². The molecule has 0 spiro atoms. The van der Waals surface area contributed by atoms with Crippen molar-refractivity contribution in [1.29, 1.82) is 0 Å². The summed E-state index contributed by atoms with van der Waals surface area (Å²) in [6, 6.07) is 37.3. The predicted molar refractivity (Wildman–Crippen MR) is 127 cm³/mol. The number of hydrogen-bond donors (Lipinski definition) is 0. The monoisotopic (exact) mass is 451 g/mol. The van der Waals surface area contributed by atoms with E-state index in [-0.39, 0.29) is 5.75 Å². The van der Waals surface area contributed by atoms with Crippen molar-refractivity contribution in [2.24, 2.45) is 0 Å². The molecule has 162 valence electrons. The maximum Gasteiger partial charge on any atom is 0.573 e. The Bertz CT molecular complexity index is 1030. The van der Waals surface area contributed by atoms with Crippen molar-refractivity contribution in [1.82, 2.24) is 0 Å². The molecule has 32 heavy (non-hydrogen) atoms. The van der Waals surface area contributed by atoms with Crippen molar-refractivity contribution in [3.8, 4) is 5.75 Å². The quantitative estimate of drug-likeness (QED) is 0.308. The molecular weight excluding hydrogens is 428 g/mol. The third kappa shape index (κ3) is 4.87. The van der Waals surface area contributed by atoms with E-state index >= 15 is 0 Å². The second-order valence-electron chi connectivity index (χ2n) is 7.45. The molecule has 4 aromatic carbocycles. The van der Waals surface area contributed by atoms with E-state index in [9.17, 15) is 13.2 Å². The molecule has 4 rings (SSSR count). The second-order valence-corrected chi connectivity index (χ2v) is 11.1. The zero-order valence-electron chi connectivity index (χ0n) is 17.4. The van der Waals surface area contributed by atoms with Crippen molar-refractivity contribution in [3.63, 3.8) is 0 Å². The first-order valence-corrected chi connectivity index (χ1v) is 12.3. The predicted octanol–water partition coefficient (Wildman–Crippen LogP) is 6.12. The third-order valence-corrected chi connectivity index (χ3v) is 9.94. The van der Waals surface area contributed by atoms with Gasteiger partial charge in [-0.3, -0.25) is 0 Å². The van der Waals surface area contributed by atoms with E-state index in [1.807, 2.05) is 54.6 Å². The summed E-state index contributed by atoms with van der Waals surface area (Å²) in [7, 11) is -2.13. The Morgan fingerprint density at radius 3 is 1.41 bits per heavy atom. The summed E-state index contributed by atoms with van der Waals surface area (Å²) in [6.45, 7) is 0. The third-order valence-electron chi connectivity index (χ3n) is 5.51. The van der Waals surface area contributed by atoms with Gasteiger partial charge in [-0.2, -0.15) is 0 Å². The highest BCUT2D eigenvalue weighted by Gasteiger charge is 2.45. The SMILES string of the molecule is FC(F)(F)Oc1ccccc1CC[P+](c1ccccc1)(c1ccccc1)c1ccccc1. The Morgan fingerprint density at radius 1 is 0.562 bits per heavy atom. The summed E-state index contributed by atoms with van der Waals surface area (Å²) < 4.78 is 43.3. The first-order valence-electron chi connectivity index (χ1n) is 10.4. The molecule has 0 aromatic heterocycles. The Morgan fingerprint density at radius 2 is 0.969 bits per heavy atom. The number of alkyl halides is 3. The lowest BCUT2D eigenvalue weighted by molar-refractivity contribution is -0.274. The second kappa shape index (κ2) is 9.58. The number of halogens is 3. The van der Waals surface area contributed by atoms with Crippen molar-refractivity contribution in [2.75, 3.05) is 6.16 Å². The van der Waals surface area contributed by atoms with Gasteiger partial charge < -0.3 is 4.74 Å². The van der Waals surface area contributed by atoms with Crippen LogP contribution in [-0.4, -0.2) is 12.5 Å². The topological polar surface area (TPSA) is 9.23 Å². The zero-order valence-corrected chi connectivity index (χ0v) is 18.3. The fourth-order valence-corrected chi connectivity index (χ4v) is 8.39. The average Bonchev–Trinajstić information content (AvgIpc) is 2.82. The number of ether oxygens (including phenoxy) is 1. The van der Waals surface area contributed by atoms with Crippen LogP contribution < -0.4 is 20.7 Å². The molecule has 0 aliphatic heterocycles. The number of hydrogen-bond acceptors (Lipinski definition) is 1. The first kappa shape index (κ1) is 22.1. The van der Waals surface area contributed by atoms with Gasteiger partial charge in [0, 0.05) is 6.42 Å². The summed E-state index contributed by atoms with van der Waals surface area (Å²) in [6.07, 6.45) is -3.58. The normalized spacial score (nSPS) is 11.8. The minimum absolute atomic E-state index is 0.132. The average molecular weight is 451 g/mol. The lowest BCUT2D eigenvalue weighted by atomic mass is 10.1. The van der Waals surface area contributed by atoms with Gasteiger partial charge in [-0.25, -0.2) is 0 Å². The van der Waals surface area contributed by atoms with Crippen LogP contribution in [0.15, 0.2) is 115 Å². The standard InChI is InChI=1S/C27H23F3OP/c28-27(29,30)31-26-19-11-10-12-22(26)20-21-32(23-13-4-1-5-14-23,24-15-6-2-7-16-24)25-17-8-3-9-18-25/h1-19H,20-21H2/q+1. The van der Waals surface area contributed by atoms with Gasteiger partial charge in [0.2, 0.25) is 0 Å². The lowest BCUT2D eigenvalue weighted by Crippen LogP contribution is -2.34. The van der Waals surface area contributed by atoms with E-state index in [4.69, 9.17) is 0 Å². The summed E-state index contributed by atoms with van der Waals surface area (Å²) in [5.74, 6) is -0.132. The molecule has 0 aliphatic carbocycles. The Balaban J connectivity index is 1.83. The van der Waals surface area contributed by atoms with E-state index in [2.05, 4.69) is 41.1 Å². The van der Waals surface area contributed by atoms with Crippen LogP contribution in [0.5, 0.6) is 5.75 Å².